The highest BCUT2D eigenvalue weighted by Gasteiger charge is 2.27. The number of carbonyl (C=O) groups excluding carboxylic acids is 2. The molecular weight excluding hydrogens is 342 g/mol. The minimum absolute atomic E-state index is 0.0325. The van der Waals surface area contributed by atoms with E-state index in [-0.39, 0.29) is 23.4 Å². The van der Waals surface area contributed by atoms with Crippen molar-refractivity contribution in [2.24, 2.45) is 0 Å². The number of likely N-dealkylation sites (tertiary alicyclic amines) is 1. The molecule has 0 aromatic heterocycles. The van der Waals surface area contributed by atoms with E-state index < -0.39 is 20.5 Å². The maximum absolute atomic E-state index is 12.5. The minimum Gasteiger partial charge on any atom is -0.353 e. The van der Waals surface area contributed by atoms with Crippen molar-refractivity contribution in [3.05, 3.63) is 29.8 Å². The van der Waals surface area contributed by atoms with Gasteiger partial charge in [-0.15, -0.1) is 0 Å². The monoisotopic (exact) mass is 360 g/mol. The van der Waals surface area contributed by atoms with E-state index in [1.165, 1.54) is 19.1 Å². The Hall–Kier alpha value is -2.03. The predicted octanol–water partition coefficient (Wildman–Crippen LogP) is 1.42. The Balaban J connectivity index is 2.03. The first-order valence-electron chi connectivity index (χ1n) is 7.40. The molecule has 0 saturated carbocycles. The molecule has 9 heteroatoms. The maximum Gasteiger partial charge on any atom is 0.341 e. The number of hydrogen-bond acceptors (Lipinski definition) is 4. The van der Waals surface area contributed by atoms with Crippen LogP contribution in [-0.4, -0.2) is 50.0 Å². The van der Waals surface area contributed by atoms with Gasteiger partial charge in [-0.25, -0.2) is 8.42 Å². The van der Waals surface area contributed by atoms with Crippen LogP contribution < -0.4 is 5.32 Å². The van der Waals surface area contributed by atoms with Crippen LogP contribution in [0.15, 0.2) is 29.2 Å². The van der Waals surface area contributed by atoms with Crippen LogP contribution in [0.3, 0.4) is 0 Å². The number of amides is 2. The maximum atomic E-state index is 12.5. The first-order chi connectivity index (χ1) is 11.2. The van der Waals surface area contributed by atoms with E-state index in [9.17, 15) is 26.8 Å². The Morgan fingerprint density at radius 2 is 1.71 bits per heavy atom. The van der Waals surface area contributed by atoms with Crippen LogP contribution in [0.5, 0.6) is 0 Å². The number of hydrogen-bond donors (Lipinski definition) is 1. The highest BCUT2D eigenvalue weighted by molar-refractivity contribution is 7.91. The number of nitrogens with one attached hydrogen (secondary N) is 1. The number of alkyl halides is 2. The van der Waals surface area contributed by atoms with Gasteiger partial charge in [-0.3, -0.25) is 9.59 Å². The second-order valence-electron chi connectivity index (χ2n) is 5.60. The van der Waals surface area contributed by atoms with E-state index in [1.54, 1.807) is 4.90 Å². The molecule has 24 heavy (non-hydrogen) atoms. The quantitative estimate of drug-likeness (QED) is 0.880. The van der Waals surface area contributed by atoms with Crippen molar-refractivity contribution in [2.75, 3.05) is 13.1 Å². The zero-order chi connectivity index (χ0) is 17.9. The molecule has 0 unspecified atom stereocenters. The molecule has 132 valence electrons. The van der Waals surface area contributed by atoms with Crippen LogP contribution in [0.25, 0.3) is 0 Å². The van der Waals surface area contributed by atoms with Gasteiger partial charge in [0.25, 0.3) is 5.91 Å². The van der Waals surface area contributed by atoms with Gasteiger partial charge in [0, 0.05) is 31.6 Å². The Kier molecular flexibility index (Phi) is 5.53. The van der Waals surface area contributed by atoms with Gasteiger partial charge in [-0.2, -0.15) is 8.78 Å². The lowest BCUT2D eigenvalue weighted by Gasteiger charge is -2.32. The summed E-state index contributed by atoms with van der Waals surface area (Å²) in [4.78, 5) is 24.5. The van der Waals surface area contributed by atoms with E-state index in [1.807, 2.05) is 0 Å². The molecule has 1 heterocycles. The highest BCUT2D eigenvalue weighted by Crippen LogP contribution is 2.20. The largest absolute Gasteiger partial charge is 0.353 e. The molecule has 0 radical (unpaired) electrons. The third-order valence-corrected chi connectivity index (χ3v) is 5.25. The summed E-state index contributed by atoms with van der Waals surface area (Å²) >= 11 is 0. The van der Waals surface area contributed by atoms with E-state index in [0.29, 0.717) is 25.9 Å². The molecule has 2 amide bonds. The Morgan fingerprint density at radius 1 is 1.17 bits per heavy atom. The zero-order valence-corrected chi connectivity index (χ0v) is 13.9. The van der Waals surface area contributed by atoms with E-state index in [0.717, 1.165) is 12.1 Å². The fourth-order valence-electron chi connectivity index (χ4n) is 2.59. The van der Waals surface area contributed by atoms with E-state index in [4.69, 9.17) is 0 Å². The normalized spacial score (nSPS) is 16.2. The molecule has 1 fully saturated rings. The van der Waals surface area contributed by atoms with Gasteiger partial charge in [-0.05, 0) is 37.1 Å². The van der Waals surface area contributed by atoms with Gasteiger partial charge in [-0.1, -0.05) is 0 Å². The highest BCUT2D eigenvalue weighted by atomic mass is 32.2. The second kappa shape index (κ2) is 7.25. The summed E-state index contributed by atoms with van der Waals surface area (Å²) in [5.74, 6) is -3.90. The second-order valence-corrected chi connectivity index (χ2v) is 7.51. The molecule has 0 aliphatic carbocycles. The average Bonchev–Trinajstić information content (AvgIpc) is 2.54. The zero-order valence-electron chi connectivity index (χ0n) is 13.0. The third-order valence-electron chi connectivity index (χ3n) is 3.85. The van der Waals surface area contributed by atoms with Crippen molar-refractivity contribution in [3.63, 3.8) is 0 Å². The molecule has 1 N–H and O–H groups in total. The summed E-state index contributed by atoms with van der Waals surface area (Å²) in [6.07, 6.45) is 1.26. The molecule has 1 aromatic carbocycles. The average molecular weight is 360 g/mol. The standard InChI is InChI=1S/C15H18F2N2O4S/c1-10(20)18-12-6-8-19(9-7-12)14(21)11-2-4-13(5-3-11)24(22,23)15(16)17/h2-5,12,15H,6-9H2,1H3,(H,18,20). The molecular formula is C15H18F2N2O4S. The number of benzene rings is 1. The lowest BCUT2D eigenvalue weighted by molar-refractivity contribution is -0.119. The SMILES string of the molecule is CC(=O)NC1CCN(C(=O)c2ccc(S(=O)(=O)C(F)F)cc2)CC1. The lowest BCUT2D eigenvalue weighted by Crippen LogP contribution is -2.46. The van der Waals surface area contributed by atoms with Crippen molar-refractivity contribution in [2.45, 2.75) is 36.5 Å². The van der Waals surface area contributed by atoms with Gasteiger partial charge in [0.05, 0.1) is 4.90 Å². The fourth-order valence-corrected chi connectivity index (χ4v) is 3.31. The summed E-state index contributed by atoms with van der Waals surface area (Å²) in [7, 11) is -4.66. The van der Waals surface area contributed by atoms with Crippen LogP contribution in [0.1, 0.15) is 30.1 Å². The van der Waals surface area contributed by atoms with Crippen molar-refractivity contribution < 1.29 is 26.8 Å². The Labute approximate surface area is 138 Å². The molecule has 0 atom stereocenters. The minimum atomic E-state index is -4.66. The van der Waals surface area contributed by atoms with E-state index >= 15 is 0 Å². The van der Waals surface area contributed by atoms with Gasteiger partial charge in [0.2, 0.25) is 15.7 Å². The molecule has 2 rings (SSSR count). The predicted molar refractivity (Wildman–Crippen MR) is 82.4 cm³/mol. The molecule has 0 spiro atoms. The first-order valence-corrected chi connectivity index (χ1v) is 8.95. The number of sulfone groups is 1. The van der Waals surface area contributed by atoms with Crippen LogP contribution >= 0.6 is 0 Å². The Bertz CT molecular complexity index is 711. The van der Waals surface area contributed by atoms with Crippen LogP contribution in [0.2, 0.25) is 0 Å². The third kappa shape index (κ3) is 4.08. The summed E-state index contributed by atoms with van der Waals surface area (Å²) in [6, 6.07) is 4.53. The number of nitrogens with zero attached hydrogens (tertiary/aromatic N) is 1. The van der Waals surface area contributed by atoms with Gasteiger partial charge in [0.1, 0.15) is 0 Å². The number of rotatable bonds is 4. The summed E-state index contributed by atoms with van der Waals surface area (Å²) < 4.78 is 47.7. The van der Waals surface area contributed by atoms with Gasteiger partial charge < -0.3 is 10.2 Å². The molecule has 1 aliphatic rings. The van der Waals surface area contributed by atoms with Gasteiger partial charge >= 0.3 is 5.76 Å². The van der Waals surface area contributed by atoms with Crippen LogP contribution in [0.4, 0.5) is 8.78 Å². The number of carbonyl (C=O) groups is 2. The number of piperidine rings is 1. The molecule has 0 bridgehead atoms. The molecule has 1 aliphatic heterocycles. The van der Waals surface area contributed by atoms with Crippen molar-refractivity contribution in [1.82, 2.24) is 10.2 Å². The number of halogens is 2. The summed E-state index contributed by atoms with van der Waals surface area (Å²) in [5, 5.41) is 2.80. The van der Waals surface area contributed by atoms with Crippen LogP contribution in [-0.2, 0) is 14.6 Å². The van der Waals surface area contributed by atoms with Crippen LogP contribution in [0, 0.1) is 0 Å². The fraction of sp³-hybridized carbons (Fsp3) is 0.467. The smallest absolute Gasteiger partial charge is 0.341 e. The van der Waals surface area contributed by atoms with Crippen molar-refractivity contribution in [3.8, 4) is 0 Å². The summed E-state index contributed by atoms with van der Waals surface area (Å²) in [6.45, 7) is 2.36. The van der Waals surface area contributed by atoms with Crippen molar-refractivity contribution >= 4 is 21.7 Å². The topological polar surface area (TPSA) is 83.6 Å². The van der Waals surface area contributed by atoms with Gasteiger partial charge in [0.15, 0.2) is 0 Å². The first kappa shape index (κ1) is 18.3. The lowest BCUT2D eigenvalue weighted by atomic mass is 10.0. The summed E-state index contributed by atoms with van der Waals surface area (Å²) in [5.41, 5.74) is 0.237. The Morgan fingerprint density at radius 3 is 2.17 bits per heavy atom. The van der Waals surface area contributed by atoms with E-state index in [2.05, 4.69) is 5.32 Å². The molecule has 1 saturated heterocycles. The van der Waals surface area contributed by atoms with Crippen molar-refractivity contribution in [1.29, 1.82) is 0 Å². The molecule has 6 nitrogen and oxygen atoms in total. The molecule has 1 aromatic rings.